The summed E-state index contributed by atoms with van der Waals surface area (Å²) in [5, 5.41) is 26.1. The number of carbonyl (C=O) groups excluding carboxylic acids is 4. The first-order chi connectivity index (χ1) is 23.7. The Kier molecular flexibility index (Phi) is 9.45. The highest BCUT2D eigenvalue weighted by molar-refractivity contribution is 5.99. The van der Waals surface area contributed by atoms with Crippen molar-refractivity contribution in [2.75, 3.05) is 36.9 Å². The molecule has 4 unspecified atom stereocenters. The smallest absolute Gasteiger partial charge is 0.252 e. The number of rotatable bonds is 8. The number of ether oxygens (including phenoxy) is 2. The van der Waals surface area contributed by atoms with Crippen molar-refractivity contribution in [2.45, 2.75) is 75.0 Å². The molecular weight excluding hydrogens is 634 g/mol. The van der Waals surface area contributed by atoms with Gasteiger partial charge in [0.1, 0.15) is 24.3 Å². The average molecular weight is 674 g/mol. The normalized spacial score (nSPS) is 26.7. The molecule has 2 aromatic carbocycles. The molecule has 1 aromatic heterocycles. The molecule has 4 amide bonds. The number of β-amino-alcohol motifs (C(OH)–C–C–N with tert-alkyl or cyclic N) is 2. The SMILES string of the molecule is O=C(Nc1ccc(-c2cnc(-c3ccc(NC(=O)C4CC(O)CN4C(=O)[C@H]4CCCO4)cc3)o2)cc1)C1CC(O)CN1C(=O)[C@H]1CCCO1. The van der Waals surface area contributed by atoms with Crippen molar-refractivity contribution >= 4 is 35.0 Å². The fraction of sp³-hybridized carbons (Fsp3) is 0.457. The fourth-order valence-electron chi connectivity index (χ4n) is 6.93. The molecule has 258 valence electrons. The zero-order chi connectivity index (χ0) is 34.1. The maximum atomic E-state index is 13.1. The molecule has 0 radical (unpaired) electrons. The third kappa shape index (κ3) is 7.08. The predicted octanol–water partition coefficient (Wildman–Crippen LogP) is 2.17. The van der Waals surface area contributed by atoms with Crippen LogP contribution >= 0.6 is 0 Å². The number of nitrogens with one attached hydrogen (secondary N) is 2. The average Bonchev–Trinajstić information content (AvgIpc) is 3.95. The number of nitrogens with zero attached hydrogens (tertiary/aromatic N) is 3. The Hall–Kier alpha value is -4.63. The molecule has 4 aliphatic heterocycles. The summed E-state index contributed by atoms with van der Waals surface area (Å²) < 4.78 is 17.0. The number of oxazole rings is 1. The molecule has 0 aliphatic carbocycles. The van der Waals surface area contributed by atoms with Crippen molar-refractivity contribution in [3.8, 4) is 22.8 Å². The van der Waals surface area contributed by atoms with E-state index in [0.29, 0.717) is 54.6 Å². The van der Waals surface area contributed by atoms with Crippen LogP contribution in [0.3, 0.4) is 0 Å². The Balaban J connectivity index is 0.950. The quantitative estimate of drug-likeness (QED) is 0.276. The van der Waals surface area contributed by atoms with E-state index in [9.17, 15) is 29.4 Å². The standard InChI is InChI=1S/C35H39N5O9/c41-24-15-26(39(18-24)34(45)28-3-1-13-47-28)31(43)37-22-9-5-20(6-10-22)30-17-36-33(49-30)21-7-11-23(12-8-21)38-32(44)27-16-25(42)19-40(27)35(46)29-4-2-14-48-29/h5-12,17,24-29,41-42H,1-4,13-16,18-19H2,(H,37,43)(H,38,44)/t24?,25?,26?,27?,28-,29-/m1/s1. The molecule has 4 fully saturated rings. The molecule has 14 nitrogen and oxygen atoms in total. The van der Waals surface area contributed by atoms with E-state index in [4.69, 9.17) is 13.9 Å². The molecule has 49 heavy (non-hydrogen) atoms. The number of benzene rings is 2. The zero-order valence-corrected chi connectivity index (χ0v) is 26.8. The van der Waals surface area contributed by atoms with Crippen LogP contribution in [0.4, 0.5) is 11.4 Å². The van der Waals surface area contributed by atoms with Gasteiger partial charge >= 0.3 is 0 Å². The van der Waals surface area contributed by atoms with Crippen LogP contribution in [0.5, 0.6) is 0 Å². The number of anilines is 2. The summed E-state index contributed by atoms with van der Waals surface area (Å²) >= 11 is 0. The number of aromatic nitrogens is 1. The molecule has 5 heterocycles. The Morgan fingerprint density at radius 3 is 1.61 bits per heavy atom. The van der Waals surface area contributed by atoms with E-state index >= 15 is 0 Å². The largest absolute Gasteiger partial charge is 0.436 e. The number of aliphatic hydroxyl groups is 2. The molecular formula is C35H39N5O9. The molecule has 0 bridgehead atoms. The van der Waals surface area contributed by atoms with Crippen LogP contribution in [0.25, 0.3) is 22.8 Å². The van der Waals surface area contributed by atoms with Gasteiger partial charge in [0.25, 0.3) is 11.8 Å². The minimum Gasteiger partial charge on any atom is -0.436 e. The molecule has 4 saturated heterocycles. The third-order valence-corrected chi connectivity index (χ3v) is 9.48. The number of likely N-dealkylation sites (tertiary alicyclic amines) is 2. The molecule has 0 spiro atoms. The van der Waals surface area contributed by atoms with Crippen LogP contribution in [0.1, 0.15) is 38.5 Å². The highest BCUT2D eigenvalue weighted by atomic mass is 16.5. The van der Waals surface area contributed by atoms with Gasteiger partial charge in [-0.25, -0.2) is 4.98 Å². The summed E-state index contributed by atoms with van der Waals surface area (Å²) in [6.07, 6.45) is 2.06. The summed E-state index contributed by atoms with van der Waals surface area (Å²) in [4.78, 5) is 59.3. The summed E-state index contributed by atoms with van der Waals surface area (Å²) in [5.74, 6) is -0.393. The lowest BCUT2D eigenvalue weighted by molar-refractivity contribution is -0.145. The number of carbonyl (C=O) groups is 4. The second-order valence-electron chi connectivity index (χ2n) is 13.0. The van der Waals surface area contributed by atoms with E-state index in [1.54, 1.807) is 54.7 Å². The minimum atomic E-state index is -0.786. The lowest BCUT2D eigenvalue weighted by atomic mass is 10.1. The van der Waals surface area contributed by atoms with Crippen molar-refractivity contribution < 1.29 is 43.3 Å². The molecule has 4 aliphatic rings. The fourth-order valence-corrected chi connectivity index (χ4v) is 6.93. The van der Waals surface area contributed by atoms with Crippen LogP contribution in [0.15, 0.2) is 59.1 Å². The second-order valence-corrected chi connectivity index (χ2v) is 13.0. The maximum absolute atomic E-state index is 13.1. The molecule has 3 aromatic rings. The lowest BCUT2D eigenvalue weighted by Crippen LogP contribution is -2.47. The van der Waals surface area contributed by atoms with Crippen molar-refractivity contribution in [3.63, 3.8) is 0 Å². The van der Waals surface area contributed by atoms with Gasteiger partial charge < -0.3 is 44.5 Å². The van der Waals surface area contributed by atoms with Crippen LogP contribution in [-0.4, -0.2) is 111 Å². The highest BCUT2D eigenvalue weighted by Crippen LogP contribution is 2.30. The van der Waals surface area contributed by atoms with Gasteiger partial charge in [-0.3, -0.25) is 19.2 Å². The van der Waals surface area contributed by atoms with E-state index in [1.807, 2.05) is 0 Å². The Labute approximate surface area is 282 Å². The van der Waals surface area contributed by atoms with E-state index in [-0.39, 0.29) is 49.6 Å². The van der Waals surface area contributed by atoms with Crippen molar-refractivity contribution in [1.29, 1.82) is 0 Å². The van der Waals surface area contributed by atoms with Gasteiger partial charge in [-0.05, 0) is 74.2 Å². The van der Waals surface area contributed by atoms with Crippen LogP contribution < -0.4 is 10.6 Å². The van der Waals surface area contributed by atoms with Gasteiger partial charge in [0, 0.05) is 61.6 Å². The molecule has 6 atom stereocenters. The maximum Gasteiger partial charge on any atom is 0.252 e. The monoisotopic (exact) mass is 673 g/mol. The highest BCUT2D eigenvalue weighted by Gasteiger charge is 2.43. The number of amides is 4. The summed E-state index contributed by atoms with van der Waals surface area (Å²) in [6.45, 7) is 1.23. The van der Waals surface area contributed by atoms with Crippen molar-refractivity contribution in [2.24, 2.45) is 0 Å². The van der Waals surface area contributed by atoms with E-state index in [1.165, 1.54) is 9.80 Å². The number of aliphatic hydroxyl groups excluding tert-OH is 2. The summed E-state index contributed by atoms with van der Waals surface area (Å²) in [7, 11) is 0. The van der Waals surface area contributed by atoms with Crippen molar-refractivity contribution in [3.05, 3.63) is 54.7 Å². The third-order valence-electron chi connectivity index (χ3n) is 9.48. The molecule has 4 N–H and O–H groups in total. The molecule has 7 rings (SSSR count). The molecule has 14 heteroatoms. The van der Waals surface area contributed by atoms with Gasteiger partial charge in [0.2, 0.25) is 17.7 Å². The van der Waals surface area contributed by atoms with Crippen LogP contribution in [0.2, 0.25) is 0 Å². The molecule has 0 saturated carbocycles. The van der Waals surface area contributed by atoms with Gasteiger partial charge in [-0.1, -0.05) is 0 Å². The number of hydrogen-bond acceptors (Lipinski definition) is 10. The van der Waals surface area contributed by atoms with Crippen LogP contribution in [0, 0.1) is 0 Å². The van der Waals surface area contributed by atoms with E-state index in [2.05, 4.69) is 15.6 Å². The van der Waals surface area contributed by atoms with Crippen LogP contribution in [-0.2, 0) is 28.7 Å². The van der Waals surface area contributed by atoms with Gasteiger partial charge in [0.15, 0.2) is 5.76 Å². The first-order valence-corrected chi connectivity index (χ1v) is 16.7. The first-order valence-electron chi connectivity index (χ1n) is 16.7. The van der Waals surface area contributed by atoms with E-state index in [0.717, 1.165) is 18.4 Å². The second kappa shape index (κ2) is 14.1. The van der Waals surface area contributed by atoms with E-state index < -0.39 is 36.5 Å². The van der Waals surface area contributed by atoms with Gasteiger partial charge in [-0.2, -0.15) is 0 Å². The van der Waals surface area contributed by atoms with Gasteiger partial charge in [-0.15, -0.1) is 0 Å². The summed E-state index contributed by atoms with van der Waals surface area (Å²) in [6, 6.07) is 12.4. The summed E-state index contributed by atoms with van der Waals surface area (Å²) in [5.41, 5.74) is 2.47. The first kappa shape index (κ1) is 32.9. The van der Waals surface area contributed by atoms with Crippen molar-refractivity contribution in [1.82, 2.24) is 14.8 Å². The minimum absolute atomic E-state index is 0.0997. The Morgan fingerprint density at radius 1 is 0.694 bits per heavy atom. The van der Waals surface area contributed by atoms with Gasteiger partial charge in [0.05, 0.1) is 18.4 Å². The predicted molar refractivity (Wildman–Crippen MR) is 175 cm³/mol. The Bertz CT molecular complexity index is 1560. The Morgan fingerprint density at radius 2 is 1.16 bits per heavy atom. The lowest BCUT2D eigenvalue weighted by Gasteiger charge is -2.26. The topological polar surface area (TPSA) is 184 Å². The number of hydrogen-bond donors (Lipinski definition) is 4. The zero-order valence-electron chi connectivity index (χ0n) is 26.8.